The fourth-order valence-electron chi connectivity index (χ4n) is 1.36. The molecule has 0 aliphatic carbocycles. The molecule has 0 aliphatic heterocycles. The Hall–Kier alpha value is -0.780. The minimum atomic E-state index is -0.408. The molecule has 1 aromatic carbocycles. The summed E-state index contributed by atoms with van der Waals surface area (Å²) in [6.45, 7) is 8.65. The molecule has 0 aliphatic rings. The zero-order valence-electron chi connectivity index (χ0n) is 10.6. The van der Waals surface area contributed by atoms with E-state index in [0.29, 0.717) is 6.61 Å². The number of halogens is 1. The molecule has 0 saturated heterocycles. The monoisotopic (exact) mass is 347 g/mol. The van der Waals surface area contributed by atoms with Crippen molar-refractivity contribution in [2.45, 2.75) is 33.1 Å². The molecule has 0 unspecified atom stereocenters. The van der Waals surface area contributed by atoms with E-state index in [1.165, 1.54) is 5.56 Å². The highest BCUT2D eigenvalue weighted by molar-refractivity contribution is 14.1. The lowest BCUT2D eigenvalue weighted by Gasteiger charge is -2.20. The molecule has 1 amide bonds. The second kappa shape index (κ2) is 5.71. The standard InChI is InChI=1S/C13H18INO2/c1-5-17-12(16)15-11-7-6-9(8-10(11)14)13(2,3)4/h6-8H,5H2,1-4H3,(H,15,16). The number of anilines is 1. The van der Waals surface area contributed by atoms with E-state index in [4.69, 9.17) is 4.74 Å². The van der Waals surface area contributed by atoms with Gasteiger partial charge in [-0.05, 0) is 52.6 Å². The minimum Gasteiger partial charge on any atom is -0.450 e. The third-order valence-electron chi connectivity index (χ3n) is 2.35. The molecular weight excluding hydrogens is 329 g/mol. The molecule has 1 aromatic rings. The number of nitrogens with one attached hydrogen (secondary N) is 1. The summed E-state index contributed by atoms with van der Waals surface area (Å²) < 4.78 is 5.86. The van der Waals surface area contributed by atoms with E-state index in [0.717, 1.165) is 9.26 Å². The Balaban J connectivity index is 2.87. The number of carbonyl (C=O) groups is 1. The number of carbonyl (C=O) groups excluding carboxylic acids is 1. The number of ether oxygens (including phenoxy) is 1. The molecule has 1 rings (SSSR count). The Labute approximate surface area is 116 Å². The second-order valence-corrected chi connectivity index (χ2v) is 5.95. The molecule has 0 radical (unpaired) electrons. The number of hydrogen-bond donors (Lipinski definition) is 1. The zero-order chi connectivity index (χ0) is 13.1. The summed E-state index contributed by atoms with van der Waals surface area (Å²) in [6, 6.07) is 6.03. The van der Waals surface area contributed by atoms with Crippen molar-refractivity contribution >= 4 is 34.4 Å². The van der Waals surface area contributed by atoms with Crippen molar-refractivity contribution in [2.75, 3.05) is 11.9 Å². The highest BCUT2D eigenvalue weighted by Crippen LogP contribution is 2.27. The van der Waals surface area contributed by atoms with Gasteiger partial charge < -0.3 is 4.74 Å². The number of benzene rings is 1. The van der Waals surface area contributed by atoms with Crippen LogP contribution in [0.25, 0.3) is 0 Å². The van der Waals surface area contributed by atoms with Crippen LogP contribution in [0.15, 0.2) is 18.2 Å². The smallest absolute Gasteiger partial charge is 0.411 e. The van der Waals surface area contributed by atoms with Gasteiger partial charge in [-0.3, -0.25) is 5.32 Å². The molecule has 1 N–H and O–H groups in total. The van der Waals surface area contributed by atoms with Crippen LogP contribution in [-0.4, -0.2) is 12.7 Å². The van der Waals surface area contributed by atoms with Crippen LogP contribution in [0.2, 0.25) is 0 Å². The molecule has 3 nitrogen and oxygen atoms in total. The molecule has 0 bridgehead atoms. The summed E-state index contributed by atoms with van der Waals surface area (Å²) in [7, 11) is 0. The van der Waals surface area contributed by atoms with E-state index >= 15 is 0 Å². The molecule has 0 atom stereocenters. The van der Waals surface area contributed by atoms with Crippen molar-refractivity contribution in [3.05, 3.63) is 27.3 Å². The van der Waals surface area contributed by atoms with E-state index in [1.54, 1.807) is 6.92 Å². The fourth-order valence-corrected chi connectivity index (χ4v) is 2.01. The maximum atomic E-state index is 11.3. The first-order valence-corrected chi connectivity index (χ1v) is 6.66. The van der Waals surface area contributed by atoms with Gasteiger partial charge in [0.25, 0.3) is 0 Å². The second-order valence-electron chi connectivity index (χ2n) is 4.79. The summed E-state index contributed by atoms with van der Waals surface area (Å²) in [6.07, 6.45) is -0.408. The largest absolute Gasteiger partial charge is 0.450 e. The highest BCUT2D eigenvalue weighted by atomic mass is 127. The highest BCUT2D eigenvalue weighted by Gasteiger charge is 2.15. The first-order valence-electron chi connectivity index (χ1n) is 5.58. The van der Waals surface area contributed by atoms with E-state index in [1.807, 2.05) is 12.1 Å². The summed E-state index contributed by atoms with van der Waals surface area (Å²) >= 11 is 2.22. The Bertz CT molecular complexity index is 410. The molecule has 94 valence electrons. The lowest BCUT2D eigenvalue weighted by atomic mass is 9.87. The molecule has 0 aromatic heterocycles. The predicted octanol–water partition coefficient (Wildman–Crippen LogP) is 4.16. The molecule has 4 heteroatoms. The lowest BCUT2D eigenvalue weighted by molar-refractivity contribution is 0.168. The van der Waals surface area contributed by atoms with Gasteiger partial charge in [0.05, 0.1) is 12.3 Å². The van der Waals surface area contributed by atoms with E-state index in [-0.39, 0.29) is 5.41 Å². The van der Waals surface area contributed by atoms with Crippen LogP contribution in [0, 0.1) is 3.57 Å². The number of hydrogen-bond acceptors (Lipinski definition) is 2. The van der Waals surface area contributed by atoms with Crippen LogP contribution in [0.3, 0.4) is 0 Å². The van der Waals surface area contributed by atoms with Gasteiger partial charge in [0, 0.05) is 3.57 Å². The van der Waals surface area contributed by atoms with Crippen LogP contribution in [0.1, 0.15) is 33.3 Å². The quantitative estimate of drug-likeness (QED) is 0.816. The molecule has 17 heavy (non-hydrogen) atoms. The minimum absolute atomic E-state index is 0.113. The van der Waals surface area contributed by atoms with E-state index in [9.17, 15) is 4.79 Å². The van der Waals surface area contributed by atoms with Crippen molar-refractivity contribution in [1.29, 1.82) is 0 Å². The Morgan fingerprint density at radius 3 is 2.53 bits per heavy atom. The topological polar surface area (TPSA) is 38.3 Å². The van der Waals surface area contributed by atoms with Gasteiger partial charge in [-0.1, -0.05) is 26.8 Å². The van der Waals surface area contributed by atoms with Gasteiger partial charge in [0.1, 0.15) is 0 Å². The van der Waals surface area contributed by atoms with Crippen LogP contribution in [0.5, 0.6) is 0 Å². The molecule has 0 saturated carbocycles. The Morgan fingerprint density at radius 2 is 2.06 bits per heavy atom. The Morgan fingerprint density at radius 1 is 1.41 bits per heavy atom. The predicted molar refractivity (Wildman–Crippen MR) is 78.5 cm³/mol. The van der Waals surface area contributed by atoms with Crippen LogP contribution in [-0.2, 0) is 10.2 Å². The SMILES string of the molecule is CCOC(=O)Nc1ccc(C(C)(C)C)cc1I. The van der Waals surface area contributed by atoms with Crippen molar-refractivity contribution in [3.8, 4) is 0 Å². The normalized spacial score (nSPS) is 11.1. The summed E-state index contributed by atoms with van der Waals surface area (Å²) in [5, 5.41) is 2.72. The Kier molecular flexibility index (Phi) is 4.80. The van der Waals surface area contributed by atoms with Gasteiger partial charge in [0.2, 0.25) is 0 Å². The average molecular weight is 347 g/mol. The fraction of sp³-hybridized carbons (Fsp3) is 0.462. The third kappa shape index (κ3) is 4.18. The van der Waals surface area contributed by atoms with Crippen LogP contribution < -0.4 is 5.32 Å². The van der Waals surface area contributed by atoms with Gasteiger partial charge in [-0.25, -0.2) is 4.79 Å². The summed E-state index contributed by atoms with van der Waals surface area (Å²) in [4.78, 5) is 11.3. The van der Waals surface area contributed by atoms with Gasteiger partial charge in [0.15, 0.2) is 0 Å². The number of amides is 1. The summed E-state index contributed by atoms with van der Waals surface area (Å²) in [5.41, 5.74) is 2.15. The maximum absolute atomic E-state index is 11.3. The zero-order valence-corrected chi connectivity index (χ0v) is 12.8. The van der Waals surface area contributed by atoms with Crippen molar-refractivity contribution in [2.24, 2.45) is 0 Å². The van der Waals surface area contributed by atoms with Gasteiger partial charge in [-0.15, -0.1) is 0 Å². The maximum Gasteiger partial charge on any atom is 0.411 e. The third-order valence-corrected chi connectivity index (χ3v) is 3.24. The van der Waals surface area contributed by atoms with Crippen molar-refractivity contribution in [3.63, 3.8) is 0 Å². The molecule has 0 spiro atoms. The van der Waals surface area contributed by atoms with Crippen molar-refractivity contribution in [1.82, 2.24) is 0 Å². The average Bonchev–Trinajstić information content (AvgIpc) is 2.20. The van der Waals surface area contributed by atoms with Crippen LogP contribution >= 0.6 is 22.6 Å². The lowest BCUT2D eigenvalue weighted by Crippen LogP contribution is -2.15. The summed E-state index contributed by atoms with van der Waals surface area (Å²) in [5.74, 6) is 0. The first kappa shape index (κ1) is 14.3. The molecule has 0 fully saturated rings. The molecule has 0 heterocycles. The van der Waals surface area contributed by atoms with Crippen molar-refractivity contribution < 1.29 is 9.53 Å². The van der Waals surface area contributed by atoms with Crippen LogP contribution in [0.4, 0.5) is 10.5 Å². The number of rotatable bonds is 2. The van der Waals surface area contributed by atoms with Gasteiger partial charge >= 0.3 is 6.09 Å². The van der Waals surface area contributed by atoms with E-state index in [2.05, 4.69) is 54.7 Å². The van der Waals surface area contributed by atoms with E-state index < -0.39 is 6.09 Å². The molecular formula is C13H18INO2. The first-order chi connectivity index (χ1) is 7.84. The van der Waals surface area contributed by atoms with Gasteiger partial charge in [-0.2, -0.15) is 0 Å².